The topological polar surface area (TPSA) is 113 Å². The minimum atomic E-state index is -0.508. The molecule has 1 fully saturated rings. The molecule has 176 valence electrons. The molecule has 0 heterocycles. The molecule has 1 aliphatic rings. The van der Waals surface area contributed by atoms with Gasteiger partial charge in [-0.1, -0.05) is 65.2 Å². The first kappa shape index (κ1) is 23.7. The van der Waals surface area contributed by atoms with E-state index < -0.39 is 10.8 Å². The second kappa shape index (κ2) is 10.2. The molecule has 1 aliphatic carbocycles. The summed E-state index contributed by atoms with van der Waals surface area (Å²) >= 11 is 3.26. The van der Waals surface area contributed by atoms with Gasteiger partial charge in [0.25, 0.3) is 17.5 Å². The Morgan fingerprint density at radius 3 is 2.41 bits per heavy atom. The highest BCUT2D eigenvalue weighted by Gasteiger charge is 2.31. The highest BCUT2D eigenvalue weighted by Crippen LogP contribution is 2.35. The Balaban J connectivity index is 1.64. The van der Waals surface area contributed by atoms with Crippen LogP contribution in [-0.2, 0) is 0 Å². The minimum Gasteiger partial charge on any atom is -0.374 e. The Labute approximate surface area is 205 Å². The van der Waals surface area contributed by atoms with E-state index in [1.807, 2.05) is 36.4 Å². The Bertz CT molecular complexity index is 1260. The number of anilines is 1. The Morgan fingerprint density at radius 2 is 1.68 bits per heavy atom. The fraction of sp³-hybridized carbons (Fsp3) is 0.280. The Morgan fingerprint density at radius 1 is 0.971 bits per heavy atom. The lowest BCUT2D eigenvalue weighted by Gasteiger charge is -2.34. The molecule has 4 rings (SSSR count). The van der Waals surface area contributed by atoms with E-state index in [9.17, 15) is 19.7 Å². The van der Waals surface area contributed by atoms with Gasteiger partial charge in [-0.05, 0) is 35.7 Å². The summed E-state index contributed by atoms with van der Waals surface area (Å²) in [5, 5.41) is 22.6. The predicted octanol–water partition coefficient (Wildman–Crippen LogP) is 5.02. The molecule has 2 atom stereocenters. The van der Waals surface area contributed by atoms with Crippen LogP contribution in [0.4, 0.5) is 11.4 Å². The van der Waals surface area contributed by atoms with Crippen molar-refractivity contribution < 1.29 is 14.5 Å². The van der Waals surface area contributed by atoms with Crippen molar-refractivity contribution in [3.05, 3.63) is 80.3 Å². The molecule has 2 amide bonds. The number of nitro groups is 1. The van der Waals surface area contributed by atoms with Gasteiger partial charge in [0.15, 0.2) is 0 Å². The number of nitrogens with zero attached hydrogens (tertiary/aromatic N) is 1. The monoisotopic (exact) mass is 524 g/mol. The third-order valence-corrected chi connectivity index (χ3v) is 6.65. The molecule has 8 nitrogen and oxygen atoms in total. The van der Waals surface area contributed by atoms with Crippen molar-refractivity contribution >= 4 is 49.9 Å². The molecule has 34 heavy (non-hydrogen) atoms. The lowest BCUT2D eigenvalue weighted by atomic mass is 9.89. The van der Waals surface area contributed by atoms with E-state index in [0.717, 1.165) is 30.0 Å². The minimum absolute atomic E-state index is 0.156. The van der Waals surface area contributed by atoms with E-state index in [0.29, 0.717) is 16.5 Å². The third-order valence-electron chi connectivity index (χ3n) is 6.20. The van der Waals surface area contributed by atoms with Crippen molar-refractivity contribution in [2.24, 2.45) is 0 Å². The molecule has 0 aromatic heterocycles. The summed E-state index contributed by atoms with van der Waals surface area (Å²) in [4.78, 5) is 37.0. The van der Waals surface area contributed by atoms with Gasteiger partial charge in [-0.3, -0.25) is 19.7 Å². The molecule has 3 N–H and O–H groups in total. The van der Waals surface area contributed by atoms with Crippen LogP contribution in [0.15, 0.2) is 59.1 Å². The lowest BCUT2D eigenvalue weighted by Crippen LogP contribution is -2.48. The average Bonchev–Trinajstić information content (AvgIpc) is 2.84. The molecule has 3 aromatic rings. The Hall–Kier alpha value is -3.46. The van der Waals surface area contributed by atoms with Gasteiger partial charge in [-0.15, -0.1) is 0 Å². The largest absolute Gasteiger partial charge is 0.374 e. The zero-order chi connectivity index (χ0) is 24.2. The number of carbonyl (C=O) groups excluding carboxylic acids is 2. The molecule has 9 heteroatoms. The van der Waals surface area contributed by atoms with Gasteiger partial charge < -0.3 is 16.0 Å². The van der Waals surface area contributed by atoms with Crippen LogP contribution in [0, 0.1) is 10.1 Å². The van der Waals surface area contributed by atoms with Gasteiger partial charge in [0.05, 0.1) is 10.5 Å². The van der Waals surface area contributed by atoms with E-state index in [-0.39, 0.29) is 34.9 Å². The van der Waals surface area contributed by atoms with Crippen LogP contribution in [-0.4, -0.2) is 35.9 Å². The number of rotatable bonds is 6. The number of fused-ring (bicyclic) bond motifs is 1. The first-order valence-electron chi connectivity index (χ1n) is 11.1. The maximum absolute atomic E-state index is 13.2. The summed E-state index contributed by atoms with van der Waals surface area (Å²) in [7, 11) is 1.48. The quantitative estimate of drug-likeness (QED) is 0.309. The van der Waals surface area contributed by atoms with Gasteiger partial charge in [0.2, 0.25) is 0 Å². The van der Waals surface area contributed by atoms with Gasteiger partial charge >= 0.3 is 0 Å². The van der Waals surface area contributed by atoms with Crippen molar-refractivity contribution in [3.63, 3.8) is 0 Å². The SMILES string of the molecule is CNC(=O)c1cc(Br)cc([N+](=O)[O-])c1N[C@@H]1CCCC[C@@H]1NC(=O)c1cccc2ccccc12. The normalized spacial score (nSPS) is 17.7. The van der Waals surface area contributed by atoms with Crippen LogP contribution in [0.2, 0.25) is 0 Å². The number of nitrogens with one attached hydrogen (secondary N) is 3. The molecule has 0 unspecified atom stereocenters. The fourth-order valence-electron chi connectivity index (χ4n) is 4.53. The van der Waals surface area contributed by atoms with Crippen molar-refractivity contribution in [1.29, 1.82) is 0 Å². The highest BCUT2D eigenvalue weighted by molar-refractivity contribution is 9.10. The second-order valence-corrected chi connectivity index (χ2v) is 9.24. The van der Waals surface area contributed by atoms with Crippen LogP contribution in [0.5, 0.6) is 0 Å². The molecule has 0 radical (unpaired) electrons. The lowest BCUT2D eigenvalue weighted by molar-refractivity contribution is -0.384. The number of hydrogen-bond acceptors (Lipinski definition) is 5. The van der Waals surface area contributed by atoms with Crippen LogP contribution in [0.25, 0.3) is 10.8 Å². The predicted molar refractivity (Wildman–Crippen MR) is 135 cm³/mol. The van der Waals surface area contributed by atoms with E-state index in [1.54, 1.807) is 12.1 Å². The van der Waals surface area contributed by atoms with Gasteiger partial charge in [-0.2, -0.15) is 0 Å². The molecule has 0 bridgehead atoms. The zero-order valence-corrected chi connectivity index (χ0v) is 20.2. The summed E-state index contributed by atoms with van der Waals surface area (Å²) in [5.41, 5.74) is 0.720. The van der Waals surface area contributed by atoms with E-state index in [2.05, 4.69) is 31.9 Å². The standard InChI is InChI=1S/C25H25BrN4O4/c1-27-24(31)19-13-16(26)14-22(30(33)34)23(19)28-20-11-4-5-12-21(20)29-25(32)18-10-6-8-15-7-2-3-9-17(15)18/h2-3,6-10,13-14,20-21,28H,4-5,11-12H2,1H3,(H,27,31)(H,29,32)/t20-,21+/m1/s1. The molecule has 1 saturated carbocycles. The number of amides is 2. The summed E-state index contributed by atoms with van der Waals surface area (Å²) in [6.45, 7) is 0. The van der Waals surface area contributed by atoms with Crippen LogP contribution in [0.3, 0.4) is 0 Å². The van der Waals surface area contributed by atoms with Crippen LogP contribution in [0.1, 0.15) is 46.4 Å². The summed E-state index contributed by atoms with van der Waals surface area (Å²) < 4.78 is 0.438. The summed E-state index contributed by atoms with van der Waals surface area (Å²) in [6, 6.07) is 15.7. The fourth-order valence-corrected chi connectivity index (χ4v) is 4.98. The maximum Gasteiger partial charge on any atom is 0.294 e. The number of halogens is 1. The first-order valence-corrected chi connectivity index (χ1v) is 11.9. The molecule has 0 saturated heterocycles. The molecular formula is C25H25BrN4O4. The second-order valence-electron chi connectivity index (χ2n) is 8.33. The Kier molecular flexibility index (Phi) is 7.12. The van der Waals surface area contributed by atoms with E-state index in [1.165, 1.54) is 13.1 Å². The van der Waals surface area contributed by atoms with Crippen molar-refractivity contribution in [3.8, 4) is 0 Å². The number of nitro benzene ring substituents is 1. The summed E-state index contributed by atoms with van der Waals surface area (Å²) in [5.74, 6) is -0.619. The van der Waals surface area contributed by atoms with Crippen molar-refractivity contribution in [1.82, 2.24) is 10.6 Å². The van der Waals surface area contributed by atoms with Gasteiger partial charge in [0, 0.05) is 35.2 Å². The highest BCUT2D eigenvalue weighted by atomic mass is 79.9. The van der Waals surface area contributed by atoms with Gasteiger partial charge in [0.1, 0.15) is 5.69 Å². The number of benzene rings is 3. The first-order chi connectivity index (χ1) is 16.4. The van der Waals surface area contributed by atoms with Crippen molar-refractivity contribution in [2.75, 3.05) is 12.4 Å². The smallest absolute Gasteiger partial charge is 0.294 e. The van der Waals surface area contributed by atoms with E-state index >= 15 is 0 Å². The maximum atomic E-state index is 13.2. The van der Waals surface area contributed by atoms with Crippen molar-refractivity contribution in [2.45, 2.75) is 37.8 Å². The third kappa shape index (κ3) is 4.89. The average molecular weight is 525 g/mol. The molecule has 0 aliphatic heterocycles. The molecular weight excluding hydrogens is 500 g/mol. The molecule has 3 aromatic carbocycles. The van der Waals surface area contributed by atoms with Crippen LogP contribution < -0.4 is 16.0 Å². The van der Waals surface area contributed by atoms with Gasteiger partial charge in [-0.25, -0.2) is 0 Å². The zero-order valence-electron chi connectivity index (χ0n) is 18.6. The molecule has 0 spiro atoms. The van der Waals surface area contributed by atoms with E-state index in [4.69, 9.17) is 0 Å². The number of hydrogen-bond donors (Lipinski definition) is 3. The van der Waals surface area contributed by atoms with Crippen LogP contribution >= 0.6 is 15.9 Å². The number of carbonyl (C=O) groups is 2. The summed E-state index contributed by atoms with van der Waals surface area (Å²) in [6.07, 6.45) is 3.29.